The molecule has 0 spiro atoms. The van der Waals surface area contributed by atoms with Crippen LogP contribution in [0.15, 0.2) is 47.6 Å². The second-order valence-electron chi connectivity index (χ2n) is 4.65. The molecule has 3 rings (SSSR count). The van der Waals surface area contributed by atoms with E-state index < -0.39 is 0 Å². The maximum atomic E-state index is 11.8. The molecule has 112 valence electrons. The number of nitrogens with one attached hydrogen (secondary N) is 1. The fourth-order valence-electron chi connectivity index (χ4n) is 1.98. The number of carbonyl (C=O) groups is 1. The number of phenols is 1. The summed E-state index contributed by atoms with van der Waals surface area (Å²) in [5.41, 5.74) is 3.63. The van der Waals surface area contributed by atoms with E-state index in [0.29, 0.717) is 30.3 Å². The van der Waals surface area contributed by atoms with Gasteiger partial charge in [0.25, 0.3) is 5.91 Å². The van der Waals surface area contributed by atoms with Crippen LogP contribution in [-0.4, -0.2) is 30.4 Å². The van der Waals surface area contributed by atoms with E-state index in [4.69, 9.17) is 9.47 Å². The SMILES string of the molecule is O=C(N/N=C\c1ccc2c(c1)OCCO2)c1ccc(O)cc1. The predicted octanol–water partition coefficient (Wildman–Crippen LogP) is 1.93. The molecule has 0 aliphatic carbocycles. The first-order valence-electron chi connectivity index (χ1n) is 6.74. The summed E-state index contributed by atoms with van der Waals surface area (Å²) in [4.78, 5) is 11.8. The summed E-state index contributed by atoms with van der Waals surface area (Å²) in [6.07, 6.45) is 1.52. The maximum absolute atomic E-state index is 11.8. The number of amides is 1. The normalized spacial score (nSPS) is 13.1. The van der Waals surface area contributed by atoms with Gasteiger partial charge in [0, 0.05) is 5.56 Å². The van der Waals surface area contributed by atoms with Crippen LogP contribution in [0.1, 0.15) is 15.9 Å². The minimum Gasteiger partial charge on any atom is -0.508 e. The Morgan fingerprint density at radius 3 is 2.59 bits per heavy atom. The van der Waals surface area contributed by atoms with Crippen molar-refractivity contribution >= 4 is 12.1 Å². The Balaban J connectivity index is 1.64. The zero-order valence-electron chi connectivity index (χ0n) is 11.7. The van der Waals surface area contributed by atoms with E-state index in [2.05, 4.69) is 10.5 Å². The molecule has 6 heteroatoms. The summed E-state index contributed by atoms with van der Waals surface area (Å²) in [6, 6.07) is 11.3. The van der Waals surface area contributed by atoms with Gasteiger partial charge in [-0.3, -0.25) is 4.79 Å². The molecule has 22 heavy (non-hydrogen) atoms. The lowest BCUT2D eigenvalue weighted by molar-refractivity contribution is 0.0955. The molecule has 0 fully saturated rings. The van der Waals surface area contributed by atoms with Crippen molar-refractivity contribution < 1.29 is 19.4 Å². The van der Waals surface area contributed by atoms with Crippen LogP contribution < -0.4 is 14.9 Å². The lowest BCUT2D eigenvalue weighted by Gasteiger charge is -2.18. The van der Waals surface area contributed by atoms with Gasteiger partial charge in [0.2, 0.25) is 0 Å². The number of carbonyl (C=O) groups excluding carboxylic acids is 1. The quantitative estimate of drug-likeness (QED) is 0.670. The van der Waals surface area contributed by atoms with E-state index in [0.717, 1.165) is 5.56 Å². The third-order valence-electron chi connectivity index (χ3n) is 3.08. The zero-order valence-corrected chi connectivity index (χ0v) is 11.7. The molecule has 0 aromatic heterocycles. The number of rotatable bonds is 3. The predicted molar refractivity (Wildman–Crippen MR) is 80.6 cm³/mol. The van der Waals surface area contributed by atoms with Gasteiger partial charge < -0.3 is 14.6 Å². The average molecular weight is 298 g/mol. The molecule has 0 saturated heterocycles. The topological polar surface area (TPSA) is 80.2 Å². The van der Waals surface area contributed by atoms with Crippen LogP contribution in [0.25, 0.3) is 0 Å². The van der Waals surface area contributed by atoms with Crippen LogP contribution in [0.4, 0.5) is 0 Å². The molecule has 0 atom stereocenters. The van der Waals surface area contributed by atoms with Gasteiger partial charge in [0.15, 0.2) is 11.5 Å². The molecule has 0 unspecified atom stereocenters. The Hall–Kier alpha value is -3.02. The van der Waals surface area contributed by atoms with Crippen molar-refractivity contribution in [1.29, 1.82) is 0 Å². The molecule has 1 aliphatic heterocycles. The van der Waals surface area contributed by atoms with Gasteiger partial charge in [-0.2, -0.15) is 5.10 Å². The standard InChI is InChI=1S/C16H14N2O4/c19-13-4-2-12(3-5-13)16(20)18-17-10-11-1-6-14-15(9-11)22-8-7-21-14/h1-6,9-10,19H,7-8H2,(H,18,20)/b17-10-. The van der Waals surface area contributed by atoms with Crippen molar-refractivity contribution in [1.82, 2.24) is 5.43 Å². The summed E-state index contributed by atoms with van der Waals surface area (Å²) >= 11 is 0. The molecule has 2 N–H and O–H groups in total. The number of aromatic hydroxyl groups is 1. The van der Waals surface area contributed by atoms with E-state index in [-0.39, 0.29) is 11.7 Å². The summed E-state index contributed by atoms with van der Waals surface area (Å²) < 4.78 is 10.9. The first-order chi connectivity index (χ1) is 10.7. The highest BCUT2D eigenvalue weighted by Gasteiger charge is 2.11. The van der Waals surface area contributed by atoms with Crippen LogP contribution in [0.5, 0.6) is 17.2 Å². The van der Waals surface area contributed by atoms with E-state index in [1.165, 1.54) is 30.5 Å². The van der Waals surface area contributed by atoms with E-state index in [1.807, 2.05) is 6.07 Å². The van der Waals surface area contributed by atoms with Crippen molar-refractivity contribution in [3.63, 3.8) is 0 Å². The van der Waals surface area contributed by atoms with Gasteiger partial charge in [-0.1, -0.05) is 0 Å². The summed E-state index contributed by atoms with van der Waals surface area (Å²) in [5.74, 6) is 1.13. The Morgan fingerprint density at radius 2 is 1.82 bits per heavy atom. The van der Waals surface area contributed by atoms with Gasteiger partial charge in [-0.05, 0) is 48.0 Å². The minimum absolute atomic E-state index is 0.108. The Kier molecular flexibility index (Phi) is 3.91. The van der Waals surface area contributed by atoms with Crippen LogP contribution in [0, 0.1) is 0 Å². The molecule has 0 saturated carbocycles. The molecule has 1 aliphatic rings. The zero-order chi connectivity index (χ0) is 15.4. The number of nitrogens with zero attached hydrogens (tertiary/aromatic N) is 1. The van der Waals surface area contributed by atoms with Crippen molar-refractivity contribution in [3.05, 3.63) is 53.6 Å². The maximum Gasteiger partial charge on any atom is 0.271 e. The van der Waals surface area contributed by atoms with Crippen LogP contribution in [-0.2, 0) is 0 Å². The number of ether oxygens (including phenoxy) is 2. The number of fused-ring (bicyclic) bond motifs is 1. The molecule has 0 bridgehead atoms. The van der Waals surface area contributed by atoms with Gasteiger partial charge in [-0.15, -0.1) is 0 Å². The average Bonchev–Trinajstić information content (AvgIpc) is 2.55. The second kappa shape index (κ2) is 6.17. The third kappa shape index (κ3) is 3.17. The first kappa shape index (κ1) is 13.9. The number of hydrogen-bond acceptors (Lipinski definition) is 5. The van der Waals surface area contributed by atoms with Crippen molar-refractivity contribution in [2.24, 2.45) is 5.10 Å². The number of hydrogen-bond donors (Lipinski definition) is 2. The van der Waals surface area contributed by atoms with Crippen LogP contribution >= 0.6 is 0 Å². The third-order valence-corrected chi connectivity index (χ3v) is 3.08. The van der Waals surface area contributed by atoms with Crippen LogP contribution in [0.2, 0.25) is 0 Å². The Bertz CT molecular complexity index is 711. The molecule has 1 heterocycles. The monoisotopic (exact) mass is 298 g/mol. The Morgan fingerprint density at radius 1 is 1.09 bits per heavy atom. The van der Waals surface area contributed by atoms with Gasteiger partial charge >= 0.3 is 0 Å². The Labute approximate surface area is 127 Å². The molecular formula is C16H14N2O4. The van der Waals surface area contributed by atoms with Gasteiger partial charge in [-0.25, -0.2) is 5.43 Å². The smallest absolute Gasteiger partial charge is 0.271 e. The van der Waals surface area contributed by atoms with Crippen LogP contribution in [0.3, 0.4) is 0 Å². The fourth-order valence-corrected chi connectivity index (χ4v) is 1.98. The number of phenolic OH excluding ortho intramolecular Hbond substituents is 1. The summed E-state index contributed by atoms with van der Waals surface area (Å²) in [5, 5.41) is 13.1. The summed E-state index contributed by atoms with van der Waals surface area (Å²) in [7, 11) is 0. The van der Waals surface area contributed by atoms with Crippen molar-refractivity contribution in [2.45, 2.75) is 0 Å². The number of hydrazone groups is 1. The highest BCUT2D eigenvalue weighted by molar-refractivity contribution is 5.95. The van der Waals surface area contributed by atoms with E-state index in [9.17, 15) is 9.90 Å². The van der Waals surface area contributed by atoms with Gasteiger partial charge in [0.05, 0.1) is 6.21 Å². The highest BCUT2D eigenvalue weighted by atomic mass is 16.6. The second-order valence-corrected chi connectivity index (χ2v) is 4.65. The molecule has 6 nitrogen and oxygen atoms in total. The summed E-state index contributed by atoms with van der Waals surface area (Å²) in [6.45, 7) is 1.06. The van der Waals surface area contributed by atoms with Gasteiger partial charge in [0.1, 0.15) is 19.0 Å². The minimum atomic E-state index is -0.353. The molecule has 0 radical (unpaired) electrons. The molecular weight excluding hydrogens is 284 g/mol. The lowest BCUT2D eigenvalue weighted by atomic mass is 10.2. The largest absolute Gasteiger partial charge is 0.508 e. The highest BCUT2D eigenvalue weighted by Crippen LogP contribution is 2.30. The van der Waals surface area contributed by atoms with Crippen molar-refractivity contribution in [3.8, 4) is 17.2 Å². The fraction of sp³-hybridized carbons (Fsp3) is 0.125. The number of benzene rings is 2. The molecule has 2 aromatic rings. The molecule has 1 amide bonds. The van der Waals surface area contributed by atoms with E-state index in [1.54, 1.807) is 12.1 Å². The van der Waals surface area contributed by atoms with Crippen molar-refractivity contribution in [2.75, 3.05) is 13.2 Å². The lowest BCUT2D eigenvalue weighted by Crippen LogP contribution is -2.17. The first-order valence-corrected chi connectivity index (χ1v) is 6.74. The van der Waals surface area contributed by atoms with E-state index >= 15 is 0 Å². The molecule has 2 aromatic carbocycles.